The molecule has 44 heavy (non-hydrogen) atoms. The van der Waals surface area contributed by atoms with Crippen LogP contribution in [0.2, 0.25) is 5.02 Å². The van der Waals surface area contributed by atoms with E-state index in [0.717, 1.165) is 15.4 Å². The van der Waals surface area contributed by atoms with Crippen molar-refractivity contribution >= 4 is 39.1 Å². The third-order valence-corrected chi connectivity index (χ3v) is 9.37. The zero-order chi connectivity index (χ0) is 31.7. The van der Waals surface area contributed by atoms with Gasteiger partial charge in [0.2, 0.25) is 11.8 Å². The Morgan fingerprint density at radius 2 is 1.55 bits per heavy atom. The Kier molecular flexibility index (Phi) is 11.1. The molecule has 0 aliphatic heterocycles. The summed E-state index contributed by atoms with van der Waals surface area (Å²) in [6, 6.07) is 26.6. The maximum atomic E-state index is 15.0. The second-order valence-electron chi connectivity index (χ2n) is 10.4. The molecule has 10 heteroatoms. The molecule has 4 rings (SSSR count). The summed E-state index contributed by atoms with van der Waals surface area (Å²) in [7, 11) is -4.26. The van der Waals surface area contributed by atoms with Crippen LogP contribution < -0.4 is 9.62 Å². The van der Waals surface area contributed by atoms with E-state index < -0.39 is 40.2 Å². The van der Waals surface area contributed by atoms with Crippen LogP contribution in [-0.4, -0.2) is 44.3 Å². The highest BCUT2D eigenvalue weighted by atomic mass is 35.5. The second-order valence-corrected chi connectivity index (χ2v) is 12.6. The molecule has 4 aromatic carbocycles. The van der Waals surface area contributed by atoms with Crippen molar-refractivity contribution < 1.29 is 22.4 Å². The predicted molar refractivity (Wildman–Crippen MR) is 171 cm³/mol. The van der Waals surface area contributed by atoms with Gasteiger partial charge in [-0.1, -0.05) is 91.3 Å². The van der Waals surface area contributed by atoms with Crippen molar-refractivity contribution in [3.63, 3.8) is 0 Å². The fourth-order valence-electron chi connectivity index (χ4n) is 4.72. The lowest BCUT2D eigenvalue weighted by atomic mass is 10.0. The first-order valence-corrected chi connectivity index (χ1v) is 16.1. The van der Waals surface area contributed by atoms with Gasteiger partial charge < -0.3 is 10.2 Å². The molecule has 0 saturated heterocycles. The minimum Gasteiger partial charge on any atom is -0.354 e. The van der Waals surface area contributed by atoms with E-state index in [1.54, 1.807) is 43.3 Å². The zero-order valence-corrected chi connectivity index (χ0v) is 26.2. The number of nitrogens with zero attached hydrogens (tertiary/aromatic N) is 2. The van der Waals surface area contributed by atoms with Crippen molar-refractivity contribution in [1.29, 1.82) is 0 Å². The number of nitrogens with one attached hydrogen (secondary N) is 1. The van der Waals surface area contributed by atoms with E-state index in [1.807, 2.05) is 37.3 Å². The average molecular weight is 636 g/mol. The first-order chi connectivity index (χ1) is 21.1. The number of carbonyl (C=O) groups excluding carboxylic acids is 2. The van der Waals surface area contributed by atoms with Crippen molar-refractivity contribution in [2.45, 2.75) is 44.2 Å². The van der Waals surface area contributed by atoms with Crippen molar-refractivity contribution in [2.75, 3.05) is 17.4 Å². The van der Waals surface area contributed by atoms with Crippen molar-refractivity contribution in [3.05, 3.63) is 131 Å². The highest BCUT2D eigenvalue weighted by molar-refractivity contribution is 7.92. The largest absolute Gasteiger partial charge is 0.354 e. The predicted octanol–water partition coefficient (Wildman–Crippen LogP) is 6.15. The number of aryl methyl sites for hydroxylation is 1. The van der Waals surface area contributed by atoms with Crippen molar-refractivity contribution in [3.8, 4) is 0 Å². The van der Waals surface area contributed by atoms with Gasteiger partial charge in [0, 0.05) is 30.1 Å². The zero-order valence-electron chi connectivity index (χ0n) is 24.6. The highest BCUT2D eigenvalue weighted by Gasteiger charge is 2.35. The summed E-state index contributed by atoms with van der Waals surface area (Å²) in [4.78, 5) is 29.2. The van der Waals surface area contributed by atoms with Crippen LogP contribution in [0.4, 0.5) is 10.1 Å². The maximum absolute atomic E-state index is 15.0. The van der Waals surface area contributed by atoms with Crippen molar-refractivity contribution in [2.24, 2.45) is 0 Å². The van der Waals surface area contributed by atoms with E-state index in [1.165, 1.54) is 41.3 Å². The van der Waals surface area contributed by atoms with Gasteiger partial charge in [-0.3, -0.25) is 13.9 Å². The maximum Gasteiger partial charge on any atom is 0.264 e. The lowest BCUT2D eigenvalue weighted by Gasteiger charge is -2.34. The number of rotatable bonds is 13. The third-order valence-electron chi connectivity index (χ3n) is 7.17. The molecular formula is C34H35ClFN3O4S. The summed E-state index contributed by atoms with van der Waals surface area (Å²) in [6.45, 7) is 3.16. The van der Waals surface area contributed by atoms with Crippen molar-refractivity contribution in [1.82, 2.24) is 10.2 Å². The minimum absolute atomic E-state index is 0.0216. The van der Waals surface area contributed by atoms with Gasteiger partial charge in [-0.05, 0) is 54.8 Å². The number of carbonyl (C=O) groups is 2. The smallest absolute Gasteiger partial charge is 0.264 e. The lowest BCUT2D eigenvalue weighted by molar-refractivity contribution is -0.140. The SMILES string of the molecule is CCCNC(=O)[C@H](Cc1ccccc1)N(Cc1ccccc1F)C(=O)CN(c1ccc(C)c(Cl)c1)S(=O)(=O)c1ccccc1. The molecule has 0 heterocycles. The molecule has 0 radical (unpaired) electrons. The number of halogens is 2. The van der Waals surface area contributed by atoms with Crippen LogP contribution in [0.3, 0.4) is 0 Å². The average Bonchev–Trinajstić information content (AvgIpc) is 3.03. The molecule has 1 N–H and O–H groups in total. The molecular weight excluding hydrogens is 601 g/mol. The number of amides is 2. The molecule has 0 bridgehead atoms. The van der Waals surface area contributed by atoms with Crippen LogP contribution >= 0.6 is 11.6 Å². The molecule has 0 unspecified atom stereocenters. The number of anilines is 1. The summed E-state index contributed by atoms with van der Waals surface area (Å²) in [5, 5.41) is 3.19. The van der Waals surface area contributed by atoms with E-state index in [9.17, 15) is 22.4 Å². The summed E-state index contributed by atoms with van der Waals surface area (Å²) in [6.07, 6.45) is 0.806. The third kappa shape index (κ3) is 8.03. The van der Waals surface area contributed by atoms with Gasteiger partial charge >= 0.3 is 0 Å². The van der Waals surface area contributed by atoms with Gasteiger partial charge in [-0.15, -0.1) is 0 Å². The standard InChI is InChI=1S/C34H35ClFN3O4S/c1-3-20-37-34(41)32(21-26-12-6-4-7-13-26)38(23-27-14-10-11-17-31(27)36)33(40)24-39(28-19-18-25(2)30(35)22-28)44(42,43)29-15-8-5-9-16-29/h4-19,22,32H,3,20-21,23-24H2,1-2H3,(H,37,41)/t32-/m0/s1. The van der Waals surface area contributed by atoms with Gasteiger partial charge in [-0.25, -0.2) is 12.8 Å². The van der Waals surface area contributed by atoms with Crippen LogP contribution in [0.1, 0.15) is 30.0 Å². The molecule has 1 atom stereocenters. The van der Waals surface area contributed by atoms with Gasteiger partial charge in [-0.2, -0.15) is 0 Å². The number of hydrogen-bond donors (Lipinski definition) is 1. The van der Waals surface area contributed by atoms with Gasteiger partial charge in [0.1, 0.15) is 18.4 Å². The first kappa shape index (κ1) is 32.7. The van der Waals surface area contributed by atoms with Gasteiger partial charge in [0.15, 0.2) is 0 Å². The Labute approximate surface area is 263 Å². The Balaban J connectivity index is 1.81. The van der Waals surface area contributed by atoms with Crippen LogP contribution in [0.5, 0.6) is 0 Å². The summed E-state index contributed by atoms with van der Waals surface area (Å²) in [5.74, 6) is -1.65. The Morgan fingerprint density at radius 1 is 0.909 bits per heavy atom. The van der Waals surface area contributed by atoms with E-state index in [2.05, 4.69) is 5.32 Å². The first-order valence-electron chi connectivity index (χ1n) is 14.3. The molecule has 230 valence electrons. The van der Waals surface area contributed by atoms with Gasteiger partial charge in [0.05, 0.1) is 10.6 Å². The highest BCUT2D eigenvalue weighted by Crippen LogP contribution is 2.29. The molecule has 0 aliphatic carbocycles. The molecule has 0 aliphatic rings. The molecule has 4 aromatic rings. The van der Waals surface area contributed by atoms with Crippen LogP contribution in [-0.2, 0) is 32.6 Å². The van der Waals surface area contributed by atoms with Gasteiger partial charge in [0.25, 0.3) is 10.0 Å². The quantitative estimate of drug-likeness (QED) is 0.191. The normalized spacial score (nSPS) is 11.9. The molecule has 2 amide bonds. The number of benzene rings is 4. The summed E-state index contributed by atoms with van der Waals surface area (Å²) < 4.78 is 44.0. The molecule has 0 spiro atoms. The minimum atomic E-state index is -4.26. The second kappa shape index (κ2) is 15.0. The van der Waals surface area contributed by atoms with Crippen LogP contribution in [0.25, 0.3) is 0 Å². The number of hydrogen-bond acceptors (Lipinski definition) is 4. The molecule has 7 nitrogen and oxygen atoms in total. The molecule has 0 aromatic heterocycles. The Hall–Kier alpha value is -4.21. The monoisotopic (exact) mass is 635 g/mol. The summed E-state index contributed by atoms with van der Waals surface area (Å²) in [5.41, 5.74) is 1.89. The molecule has 0 fully saturated rings. The van der Waals surface area contributed by atoms with E-state index in [0.29, 0.717) is 18.0 Å². The fourth-order valence-corrected chi connectivity index (χ4v) is 6.32. The fraction of sp³-hybridized carbons (Fsp3) is 0.235. The van der Waals surface area contributed by atoms with Crippen LogP contribution in [0, 0.1) is 12.7 Å². The topological polar surface area (TPSA) is 86.8 Å². The van der Waals surface area contributed by atoms with Crippen LogP contribution in [0.15, 0.2) is 108 Å². The number of sulfonamides is 1. The van der Waals surface area contributed by atoms with E-state index in [4.69, 9.17) is 11.6 Å². The summed E-state index contributed by atoms with van der Waals surface area (Å²) >= 11 is 6.40. The Bertz CT molecular complexity index is 1690. The molecule has 0 saturated carbocycles. The van der Waals surface area contributed by atoms with E-state index >= 15 is 0 Å². The van der Waals surface area contributed by atoms with E-state index in [-0.39, 0.29) is 29.1 Å². The lowest BCUT2D eigenvalue weighted by Crippen LogP contribution is -2.53. The Morgan fingerprint density at radius 3 is 2.18 bits per heavy atom.